The third-order valence-electron chi connectivity index (χ3n) is 6.84. The van der Waals surface area contributed by atoms with Crippen LogP contribution in [-0.4, -0.2) is 64.2 Å². The van der Waals surface area contributed by atoms with Crippen LogP contribution in [0.15, 0.2) is 29.8 Å². The van der Waals surface area contributed by atoms with Gasteiger partial charge < -0.3 is 20.3 Å². The van der Waals surface area contributed by atoms with Crippen molar-refractivity contribution in [3.8, 4) is 5.75 Å². The van der Waals surface area contributed by atoms with Crippen molar-refractivity contribution in [2.45, 2.75) is 56.6 Å². The fraction of sp³-hybridized carbons (Fsp3) is 0.522. The molecule has 8 heteroatoms. The molecule has 3 aliphatic rings. The maximum absolute atomic E-state index is 12.9. The van der Waals surface area contributed by atoms with Gasteiger partial charge in [0.1, 0.15) is 11.9 Å². The van der Waals surface area contributed by atoms with Crippen molar-refractivity contribution in [3.63, 3.8) is 0 Å². The van der Waals surface area contributed by atoms with Crippen LogP contribution in [-0.2, 0) is 16.0 Å². The smallest absolute Gasteiger partial charge is 0.335 e. The number of carboxylic acids is 2. The van der Waals surface area contributed by atoms with Gasteiger partial charge in [-0.3, -0.25) is 9.69 Å². The number of hydrogen-bond acceptors (Lipinski definition) is 5. The van der Waals surface area contributed by atoms with Crippen molar-refractivity contribution in [1.29, 1.82) is 0 Å². The summed E-state index contributed by atoms with van der Waals surface area (Å²) in [5, 5.41) is 21.4. The highest BCUT2D eigenvalue weighted by Crippen LogP contribution is 2.41. The molecule has 1 aromatic carbocycles. The number of ether oxygens (including phenoxy) is 1. The van der Waals surface area contributed by atoms with Gasteiger partial charge in [-0.2, -0.15) is 0 Å². The lowest BCUT2D eigenvalue weighted by atomic mass is 9.90. The van der Waals surface area contributed by atoms with E-state index in [0.29, 0.717) is 36.8 Å². The first-order chi connectivity index (χ1) is 14.9. The molecule has 0 spiro atoms. The summed E-state index contributed by atoms with van der Waals surface area (Å²) < 4.78 is 5.87. The molecule has 2 fully saturated rings. The van der Waals surface area contributed by atoms with Crippen LogP contribution in [0.25, 0.3) is 0 Å². The Kier molecular flexibility index (Phi) is 6.00. The summed E-state index contributed by atoms with van der Waals surface area (Å²) in [6.45, 7) is 2.86. The second-order valence-electron chi connectivity index (χ2n) is 8.61. The summed E-state index contributed by atoms with van der Waals surface area (Å²) in [5.41, 5.74) is 1.08. The maximum Gasteiger partial charge on any atom is 0.335 e. The minimum atomic E-state index is -1.34. The predicted molar refractivity (Wildman–Crippen MR) is 112 cm³/mol. The zero-order valence-electron chi connectivity index (χ0n) is 17.4. The number of para-hydroxylation sites is 1. The summed E-state index contributed by atoms with van der Waals surface area (Å²) in [6, 6.07) is 5.29. The number of aryl methyl sites for hydroxylation is 1. The highest BCUT2D eigenvalue weighted by atomic mass is 16.5. The van der Waals surface area contributed by atoms with E-state index in [1.54, 1.807) is 12.1 Å². The van der Waals surface area contributed by atoms with Crippen LogP contribution < -0.4 is 10.1 Å². The van der Waals surface area contributed by atoms with E-state index in [1.807, 2.05) is 6.07 Å². The molecule has 8 nitrogen and oxygen atoms in total. The summed E-state index contributed by atoms with van der Waals surface area (Å²) in [6.07, 6.45) is 6.29. The van der Waals surface area contributed by atoms with Crippen LogP contribution in [0.2, 0.25) is 0 Å². The molecule has 0 aromatic heterocycles. The molecule has 3 heterocycles. The molecule has 1 unspecified atom stereocenters. The van der Waals surface area contributed by atoms with Gasteiger partial charge in [0.15, 0.2) is 0 Å². The number of carboxylic acid groups (broad SMARTS) is 2. The zero-order valence-corrected chi connectivity index (χ0v) is 17.4. The number of aliphatic carboxylic acids is 2. The summed E-state index contributed by atoms with van der Waals surface area (Å²) in [5.74, 6) is -2.59. The predicted octanol–water partition coefficient (Wildman–Crippen LogP) is 2.22. The first-order valence-electron chi connectivity index (χ1n) is 10.9. The van der Waals surface area contributed by atoms with Gasteiger partial charge in [0.05, 0.1) is 11.1 Å². The fourth-order valence-electron chi connectivity index (χ4n) is 5.37. The number of benzene rings is 1. The Hall–Kier alpha value is -2.87. The second-order valence-corrected chi connectivity index (χ2v) is 8.61. The van der Waals surface area contributed by atoms with E-state index < -0.39 is 18.0 Å². The Morgan fingerprint density at radius 1 is 1.19 bits per heavy atom. The van der Waals surface area contributed by atoms with Gasteiger partial charge in [-0.25, -0.2) is 9.59 Å². The monoisotopic (exact) mass is 428 g/mol. The van der Waals surface area contributed by atoms with E-state index in [4.69, 9.17) is 9.84 Å². The van der Waals surface area contributed by atoms with Gasteiger partial charge in [0.25, 0.3) is 5.91 Å². The molecule has 3 N–H and O–H groups in total. The molecule has 0 aliphatic carbocycles. The third-order valence-corrected chi connectivity index (χ3v) is 6.84. The number of nitrogens with one attached hydrogen (secondary N) is 1. The molecule has 0 radical (unpaired) electrons. The van der Waals surface area contributed by atoms with Crippen LogP contribution in [0.3, 0.4) is 0 Å². The first kappa shape index (κ1) is 21.4. The average Bonchev–Trinajstić information content (AvgIpc) is 3.31. The Balaban J connectivity index is 1.46. The van der Waals surface area contributed by atoms with Crippen molar-refractivity contribution in [2.24, 2.45) is 0 Å². The molecule has 0 saturated carbocycles. The minimum Gasteiger partial charge on any atom is -0.484 e. The van der Waals surface area contributed by atoms with Gasteiger partial charge in [-0.15, -0.1) is 0 Å². The number of hydrogen-bond donors (Lipinski definition) is 3. The van der Waals surface area contributed by atoms with E-state index >= 15 is 0 Å². The number of nitrogens with zero attached hydrogens (tertiary/aromatic N) is 1. The number of amides is 1. The van der Waals surface area contributed by atoms with Crippen molar-refractivity contribution in [2.75, 3.05) is 19.6 Å². The van der Waals surface area contributed by atoms with Gasteiger partial charge in [-0.05, 0) is 69.7 Å². The Morgan fingerprint density at radius 2 is 1.94 bits per heavy atom. The largest absolute Gasteiger partial charge is 0.484 e. The molecule has 31 heavy (non-hydrogen) atoms. The van der Waals surface area contributed by atoms with Crippen LogP contribution in [0.4, 0.5) is 0 Å². The normalized spacial score (nSPS) is 22.3. The maximum atomic E-state index is 12.9. The molecule has 2 saturated heterocycles. The van der Waals surface area contributed by atoms with E-state index in [0.717, 1.165) is 25.1 Å². The number of carbonyl (C=O) groups excluding carboxylic acids is 1. The minimum absolute atomic E-state index is 0.225. The molecular formula is C23H28N2O6. The molecule has 3 aliphatic heterocycles. The zero-order chi connectivity index (χ0) is 22.0. The lowest BCUT2D eigenvalue weighted by Crippen LogP contribution is -2.41. The van der Waals surface area contributed by atoms with Crippen molar-refractivity contribution in [3.05, 3.63) is 41.0 Å². The number of rotatable bonds is 7. The standard InChI is InChI=1S/C23H28N2O6/c26-19(27)14-17(22(29)30)18-7-6-15-4-1-5-16(20(15)31-18)21(28)24-11-10-23-8-2-12-25(23)13-3-9-23/h1,4-5,14,18H,2-3,6-13H2,(H,24,28)(H,26,27)(H,29,30)/b17-14-. The highest BCUT2D eigenvalue weighted by Gasteiger charge is 2.43. The van der Waals surface area contributed by atoms with E-state index in [2.05, 4.69) is 10.2 Å². The second kappa shape index (κ2) is 8.70. The first-order valence-corrected chi connectivity index (χ1v) is 10.9. The van der Waals surface area contributed by atoms with Crippen LogP contribution in [0, 0.1) is 0 Å². The third kappa shape index (κ3) is 4.30. The molecular weight excluding hydrogens is 400 g/mol. The summed E-state index contributed by atoms with van der Waals surface area (Å²) in [7, 11) is 0. The topological polar surface area (TPSA) is 116 Å². The highest BCUT2D eigenvalue weighted by molar-refractivity contribution is 5.98. The van der Waals surface area contributed by atoms with Crippen LogP contribution in [0.1, 0.15) is 54.4 Å². The van der Waals surface area contributed by atoms with Crippen LogP contribution >= 0.6 is 0 Å². The van der Waals surface area contributed by atoms with Crippen LogP contribution in [0.5, 0.6) is 5.75 Å². The molecule has 1 atom stereocenters. The quantitative estimate of drug-likeness (QED) is 0.570. The summed E-state index contributed by atoms with van der Waals surface area (Å²) >= 11 is 0. The average molecular weight is 428 g/mol. The van der Waals surface area contributed by atoms with Gasteiger partial charge in [0.2, 0.25) is 0 Å². The molecule has 4 rings (SSSR count). The summed E-state index contributed by atoms with van der Waals surface area (Å²) in [4.78, 5) is 38.0. The molecule has 166 valence electrons. The van der Waals surface area contributed by atoms with Gasteiger partial charge >= 0.3 is 11.9 Å². The Bertz CT molecular complexity index is 915. The Morgan fingerprint density at radius 3 is 2.61 bits per heavy atom. The number of carbonyl (C=O) groups is 3. The number of fused-ring (bicyclic) bond motifs is 2. The Labute approximate surface area is 180 Å². The fourth-order valence-corrected chi connectivity index (χ4v) is 5.37. The van der Waals surface area contributed by atoms with E-state index in [1.165, 1.54) is 25.7 Å². The lowest BCUT2D eigenvalue weighted by Gasteiger charge is -2.32. The lowest BCUT2D eigenvalue weighted by molar-refractivity contribution is -0.136. The van der Waals surface area contributed by atoms with Crippen molar-refractivity contribution < 1.29 is 29.3 Å². The van der Waals surface area contributed by atoms with Gasteiger partial charge in [0, 0.05) is 18.2 Å². The SMILES string of the molecule is O=C(O)/C=C(\C(=O)O)C1CCc2cccc(C(=O)NCCC34CCCN3CCC4)c2O1. The molecule has 1 aromatic rings. The molecule has 1 amide bonds. The van der Waals surface area contributed by atoms with Crippen molar-refractivity contribution in [1.82, 2.24) is 10.2 Å². The van der Waals surface area contributed by atoms with E-state index in [-0.39, 0.29) is 17.0 Å². The molecule has 0 bridgehead atoms. The van der Waals surface area contributed by atoms with E-state index in [9.17, 15) is 19.5 Å². The van der Waals surface area contributed by atoms with Crippen molar-refractivity contribution >= 4 is 17.8 Å². The van der Waals surface area contributed by atoms with Gasteiger partial charge in [-0.1, -0.05) is 12.1 Å².